The predicted molar refractivity (Wildman–Crippen MR) is 90.4 cm³/mol. The molecule has 2 aromatic rings. The molecule has 0 aliphatic heterocycles. The molecule has 1 aliphatic rings. The third-order valence-electron chi connectivity index (χ3n) is 5.04. The van der Waals surface area contributed by atoms with Crippen molar-refractivity contribution in [2.24, 2.45) is 5.92 Å². The minimum atomic E-state index is -1.24. The molecule has 1 heterocycles. The molecule has 0 radical (unpaired) electrons. The van der Waals surface area contributed by atoms with Crippen molar-refractivity contribution in [3.8, 4) is 0 Å². The normalized spacial score (nSPS) is 26.7. The van der Waals surface area contributed by atoms with E-state index in [-0.39, 0.29) is 12.0 Å². The molecule has 6 nitrogen and oxygen atoms in total. The second kappa shape index (κ2) is 7.22. The van der Waals surface area contributed by atoms with Gasteiger partial charge >= 0.3 is 0 Å². The fourth-order valence-electron chi connectivity index (χ4n) is 3.49. The van der Waals surface area contributed by atoms with Gasteiger partial charge in [0.1, 0.15) is 18.2 Å². The van der Waals surface area contributed by atoms with Gasteiger partial charge in [0.15, 0.2) is 11.6 Å². The lowest BCUT2D eigenvalue weighted by molar-refractivity contribution is -0.0232. The summed E-state index contributed by atoms with van der Waals surface area (Å²) in [5, 5.41) is 31.4. The average Bonchev–Trinajstić information content (AvgIpc) is 2.91. The summed E-state index contributed by atoms with van der Waals surface area (Å²) in [4.78, 5) is 9.91. The van der Waals surface area contributed by atoms with Gasteiger partial charge in [-0.3, -0.25) is 0 Å². The fourth-order valence-corrected chi connectivity index (χ4v) is 3.49. The van der Waals surface area contributed by atoms with Crippen LogP contribution in [0, 0.1) is 24.5 Å². The third kappa shape index (κ3) is 3.40. The molecule has 0 unspecified atom stereocenters. The number of nitrogens with zero attached hydrogens (tertiary/aromatic N) is 3. The Morgan fingerprint density at radius 1 is 1.12 bits per heavy atom. The van der Waals surface area contributed by atoms with Crippen LogP contribution >= 0.6 is 0 Å². The molecule has 0 spiro atoms. The van der Waals surface area contributed by atoms with Crippen LogP contribution in [-0.4, -0.2) is 50.6 Å². The lowest BCUT2D eigenvalue weighted by atomic mass is 9.92. The molecular formula is C18H21F2N3O3. The minimum absolute atomic E-state index is 0.154. The highest BCUT2D eigenvalue weighted by molar-refractivity contribution is 5.40. The van der Waals surface area contributed by atoms with E-state index in [1.54, 1.807) is 18.0 Å². The summed E-state index contributed by atoms with van der Waals surface area (Å²) >= 11 is 0. The van der Waals surface area contributed by atoms with Crippen molar-refractivity contribution in [2.75, 3.05) is 11.9 Å². The lowest BCUT2D eigenvalue weighted by Gasteiger charge is -2.28. The van der Waals surface area contributed by atoms with Crippen LogP contribution < -0.4 is 4.90 Å². The van der Waals surface area contributed by atoms with Crippen molar-refractivity contribution in [2.45, 2.75) is 37.7 Å². The second-order valence-corrected chi connectivity index (χ2v) is 6.69. The van der Waals surface area contributed by atoms with E-state index < -0.39 is 41.9 Å². The first-order chi connectivity index (χ1) is 12.3. The minimum Gasteiger partial charge on any atom is -0.390 e. The number of hydrogen-bond acceptors (Lipinski definition) is 6. The maximum atomic E-state index is 13.4. The van der Waals surface area contributed by atoms with Gasteiger partial charge in [-0.25, -0.2) is 18.7 Å². The van der Waals surface area contributed by atoms with Crippen molar-refractivity contribution in [1.29, 1.82) is 0 Å². The Morgan fingerprint density at radius 3 is 2.50 bits per heavy atom. The van der Waals surface area contributed by atoms with Crippen LogP contribution in [0.3, 0.4) is 0 Å². The summed E-state index contributed by atoms with van der Waals surface area (Å²) in [6.45, 7) is 1.81. The van der Waals surface area contributed by atoms with Gasteiger partial charge in [0.2, 0.25) is 0 Å². The number of aliphatic hydroxyl groups is 3. The molecular weight excluding hydrogens is 344 g/mol. The molecule has 3 N–H and O–H groups in total. The Bertz CT molecular complexity index is 792. The number of hydrogen-bond donors (Lipinski definition) is 3. The van der Waals surface area contributed by atoms with Crippen LogP contribution in [-0.2, 0) is 0 Å². The summed E-state index contributed by atoms with van der Waals surface area (Å²) in [6, 6.07) is 4.36. The Balaban J connectivity index is 1.81. The zero-order chi connectivity index (χ0) is 19.0. The average molecular weight is 365 g/mol. The number of aryl methyl sites for hydroxylation is 1. The van der Waals surface area contributed by atoms with E-state index in [0.29, 0.717) is 5.82 Å². The van der Waals surface area contributed by atoms with Crippen LogP contribution in [0.1, 0.15) is 23.8 Å². The highest BCUT2D eigenvalue weighted by Crippen LogP contribution is 2.39. The quantitative estimate of drug-likeness (QED) is 0.758. The first-order valence-electron chi connectivity index (χ1n) is 8.30. The molecule has 5 atom stereocenters. The molecule has 26 heavy (non-hydrogen) atoms. The summed E-state index contributed by atoms with van der Waals surface area (Å²) in [6.07, 6.45) is -1.91. The highest BCUT2D eigenvalue weighted by Gasteiger charge is 2.46. The largest absolute Gasteiger partial charge is 0.390 e. The SMILES string of the molecule is Cc1cc(N(C)[C@@H]2C[C@H]([C@H](O)c3ccc(F)c(F)c3)[C@@H](O)[C@H]2O)ncn1. The van der Waals surface area contributed by atoms with Crippen molar-refractivity contribution in [3.63, 3.8) is 0 Å². The Morgan fingerprint density at radius 2 is 1.85 bits per heavy atom. The Labute approximate surface area is 149 Å². The molecule has 1 saturated carbocycles. The van der Waals surface area contributed by atoms with Gasteiger partial charge in [0.25, 0.3) is 0 Å². The maximum Gasteiger partial charge on any atom is 0.159 e. The van der Waals surface area contributed by atoms with Crippen molar-refractivity contribution < 1.29 is 24.1 Å². The number of halogens is 2. The zero-order valence-electron chi connectivity index (χ0n) is 14.4. The van der Waals surface area contributed by atoms with E-state index in [0.717, 1.165) is 17.8 Å². The van der Waals surface area contributed by atoms with Gasteiger partial charge in [-0.15, -0.1) is 0 Å². The van der Waals surface area contributed by atoms with Crippen molar-refractivity contribution >= 4 is 5.82 Å². The first-order valence-corrected chi connectivity index (χ1v) is 8.30. The fraction of sp³-hybridized carbons (Fsp3) is 0.444. The van der Waals surface area contributed by atoms with Gasteiger partial charge in [0.05, 0.1) is 18.2 Å². The number of anilines is 1. The standard InChI is InChI=1S/C18H21F2N3O3/c1-9-5-15(22-8-21-9)23(2)14-7-11(17(25)18(14)26)16(24)10-3-4-12(19)13(20)6-10/h3-6,8,11,14,16-18,24-26H,7H2,1-2H3/t11-,14-,16-,17-,18+/m1/s1. The van der Waals surface area contributed by atoms with Crippen molar-refractivity contribution in [3.05, 3.63) is 53.5 Å². The highest BCUT2D eigenvalue weighted by atomic mass is 19.2. The molecule has 0 bridgehead atoms. The van der Waals surface area contributed by atoms with Gasteiger partial charge in [-0.05, 0) is 31.0 Å². The molecule has 1 aromatic carbocycles. The number of aromatic nitrogens is 2. The number of aliphatic hydroxyl groups excluding tert-OH is 3. The van der Waals surface area contributed by atoms with E-state index in [2.05, 4.69) is 9.97 Å². The smallest absolute Gasteiger partial charge is 0.159 e. The van der Waals surface area contributed by atoms with Gasteiger partial charge < -0.3 is 20.2 Å². The van der Waals surface area contributed by atoms with Gasteiger partial charge in [-0.2, -0.15) is 0 Å². The van der Waals surface area contributed by atoms with E-state index in [4.69, 9.17) is 0 Å². The molecule has 1 aliphatic carbocycles. The van der Waals surface area contributed by atoms with Gasteiger partial charge in [0, 0.05) is 24.7 Å². The summed E-state index contributed by atoms with van der Waals surface area (Å²) in [5.74, 6) is -2.23. The van der Waals surface area contributed by atoms with Crippen LogP contribution in [0.2, 0.25) is 0 Å². The molecule has 0 amide bonds. The van der Waals surface area contributed by atoms with Gasteiger partial charge in [-0.1, -0.05) is 6.07 Å². The number of benzene rings is 1. The summed E-state index contributed by atoms with van der Waals surface area (Å²) in [5.41, 5.74) is 0.912. The molecule has 3 rings (SSSR count). The van der Waals surface area contributed by atoms with E-state index in [1.807, 2.05) is 6.92 Å². The Hall–Kier alpha value is -2.16. The Kier molecular flexibility index (Phi) is 5.17. The summed E-state index contributed by atoms with van der Waals surface area (Å²) in [7, 11) is 1.73. The number of likely N-dealkylation sites (N-methyl/N-ethyl adjacent to an activating group) is 1. The predicted octanol–water partition coefficient (Wildman–Crippen LogP) is 1.34. The molecule has 8 heteroatoms. The molecule has 1 aromatic heterocycles. The third-order valence-corrected chi connectivity index (χ3v) is 5.04. The lowest BCUT2D eigenvalue weighted by Crippen LogP contribution is -2.41. The molecule has 0 saturated heterocycles. The van der Waals surface area contributed by atoms with E-state index in [1.165, 1.54) is 12.4 Å². The maximum absolute atomic E-state index is 13.4. The molecule has 140 valence electrons. The first kappa shape index (κ1) is 18.6. The van der Waals surface area contributed by atoms with Crippen LogP contribution in [0.15, 0.2) is 30.6 Å². The zero-order valence-corrected chi connectivity index (χ0v) is 14.4. The van der Waals surface area contributed by atoms with Crippen LogP contribution in [0.5, 0.6) is 0 Å². The monoisotopic (exact) mass is 365 g/mol. The van der Waals surface area contributed by atoms with E-state index >= 15 is 0 Å². The van der Waals surface area contributed by atoms with Crippen LogP contribution in [0.4, 0.5) is 14.6 Å². The number of rotatable bonds is 4. The summed E-state index contributed by atoms with van der Waals surface area (Å²) < 4.78 is 26.5. The second-order valence-electron chi connectivity index (χ2n) is 6.69. The van der Waals surface area contributed by atoms with Crippen LogP contribution in [0.25, 0.3) is 0 Å². The molecule has 1 fully saturated rings. The van der Waals surface area contributed by atoms with Crippen molar-refractivity contribution in [1.82, 2.24) is 9.97 Å². The topological polar surface area (TPSA) is 89.7 Å². The van der Waals surface area contributed by atoms with E-state index in [9.17, 15) is 24.1 Å².